The summed E-state index contributed by atoms with van der Waals surface area (Å²) in [5.41, 5.74) is 0. The topological polar surface area (TPSA) is 92.2 Å². The Morgan fingerprint density at radius 2 is 1.89 bits per heavy atom. The van der Waals surface area contributed by atoms with Crippen LogP contribution >= 0.6 is 0 Å². The smallest absolute Gasteiger partial charge is 0.323 e. The third-order valence-corrected chi connectivity index (χ3v) is 2.27. The summed E-state index contributed by atoms with van der Waals surface area (Å²) in [7, 11) is 0. The summed E-state index contributed by atoms with van der Waals surface area (Å²) < 4.78 is 5.28. The molecule has 0 amide bonds. The van der Waals surface area contributed by atoms with Gasteiger partial charge in [-0.25, -0.2) is 0 Å². The van der Waals surface area contributed by atoms with Crippen LogP contribution < -0.4 is 15.4 Å². The van der Waals surface area contributed by atoms with Crippen LogP contribution in [0.25, 0.3) is 0 Å². The zero-order valence-corrected chi connectivity index (χ0v) is 11.1. The van der Waals surface area contributed by atoms with E-state index in [1.54, 1.807) is 0 Å². The molecule has 1 aromatic rings. The van der Waals surface area contributed by atoms with Crippen LogP contribution in [0.5, 0.6) is 6.01 Å². The maximum absolute atomic E-state index is 9.15. The Labute approximate surface area is 107 Å². The fourth-order valence-electron chi connectivity index (χ4n) is 1.31. The highest BCUT2D eigenvalue weighted by molar-refractivity contribution is 5.36. The molecule has 1 rings (SSSR count). The van der Waals surface area contributed by atoms with Crippen molar-refractivity contribution in [3.8, 4) is 6.01 Å². The van der Waals surface area contributed by atoms with Crippen LogP contribution in [0.15, 0.2) is 0 Å². The summed E-state index contributed by atoms with van der Waals surface area (Å²) in [6, 6.07) is 0.204. The summed E-state index contributed by atoms with van der Waals surface area (Å²) in [5.74, 6) is 0.872. The number of aliphatic hydroxyl groups is 1. The molecule has 1 heterocycles. The van der Waals surface area contributed by atoms with Crippen molar-refractivity contribution < 1.29 is 9.84 Å². The summed E-state index contributed by atoms with van der Waals surface area (Å²) >= 11 is 0. The first-order valence-corrected chi connectivity index (χ1v) is 6.23. The highest BCUT2D eigenvalue weighted by Gasteiger charge is 2.10. The molecule has 0 saturated heterocycles. The second-order valence-electron chi connectivity index (χ2n) is 3.66. The normalized spacial score (nSPS) is 12.0. The van der Waals surface area contributed by atoms with Gasteiger partial charge in [0.15, 0.2) is 0 Å². The van der Waals surface area contributed by atoms with Crippen LogP contribution in [-0.4, -0.2) is 45.9 Å². The molecule has 0 radical (unpaired) electrons. The SMILES string of the molecule is CCNc1nc(NC(CC)CO)nc(OCC)n1. The van der Waals surface area contributed by atoms with E-state index in [4.69, 9.17) is 9.84 Å². The third-order valence-electron chi connectivity index (χ3n) is 2.27. The highest BCUT2D eigenvalue weighted by atomic mass is 16.5. The van der Waals surface area contributed by atoms with Gasteiger partial charge in [0.25, 0.3) is 0 Å². The third kappa shape index (κ3) is 4.33. The van der Waals surface area contributed by atoms with Crippen molar-refractivity contribution in [1.82, 2.24) is 15.0 Å². The van der Waals surface area contributed by atoms with Crippen molar-refractivity contribution in [2.45, 2.75) is 33.2 Å². The number of nitrogens with one attached hydrogen (secondary N) is 2. The van der Waals surface area contributed by atoms with E-state index < -0.39 is 0 Å². The maximum Gasteiger partial charge on any atom is 0.323 e. The first-order chi connectivity index (χ1) is 8.73. The molecule has 102 valence electrons. The Morgan fingerprint density at radius 1 is 1.17 bits per heavy atom. The molecule has 7 heteroatoms. The van der Waals surface area contributed by atoms with Crippen LogP contribution in [0.4, 0.5) is 11.9 Å². The van der Waals surface area contributed by atoms with Crippen LogP contribution in [0.3, 0.4) is 0 Å². The molecule has 0 aliphatic heterocycles. The molecule has 1 unspecified atom stereocenters. The predicted octanol–water partition coefficient (Wildman–Crippen LogP) is 0.885. The second-order valence-corrected chi connectivity index (χ2v) is 3.66. The van der Waals surface area contributed by atoms with Crippen molar-refractivity contribution in [2.24, 2.45) is 0 Å². The average molecular weight is 255 g/mol. The lowest BCUT2D eigenvalue weighted by molar-refractivity contribution is 0.271. The monoisotopic (exact) mass is 255 g/mol. The number of ether oxygens (including phenoxy) is 1. The van der Waals surface area contributed by atoms with E-state index in [-0.39, 0.29) is 18.7 Å². The van der Waals surface area contributed by atoms with Crippen LogP contribution in [0.1, 0.15) is 27.2 Å². The van der Waals surface area contributed by atoms with Gasteiger partial charge in [0.05, 0.1) is 19.3 Å². The molecular formula is C11H21N5O2. The van der Waals surface area contributed by atoms with Crippen molar-refractivity contribution in [3.05, 3.63) is 0 Å². The molecule has 0 saturated carbocycles. The number of anilines is 2. The lowest BCUT2D eigenvalue weighted by atomic mass is 10.2. The number of nitrogens with zero attached hydrogens (tertiary/aromatic N) is 3. The van der Waals surface area contributed by atoms with Gasteiger partial charge in [-0.3, -0.25) is 0 Å². The minimum absolute atomic E-state index is 0.0304. The quantitative estimate of drug-likeness (QED) is 0.635. The number of aromatic nitrogens is 3. The molecule has 0 aliphatic carbocycles. The van der Waals surface area contributed by atoms with Crippen molar-refractivity contribution in [3.63, 3.8) is 0 Å². The Balaban J connectivity index is 2.87. The molecular weight excluding hydrogens is 234 g/mol. The van der Waals surface area contributed by atoms with E-state index in [1.165, 1.54) is 0 Å². The first-order valence-electron chi connectivity index (χ1n) is 6.23. The van der Waals surface area contributed by atoms with Gasteiger partial charge in [0, 0.05) is 6.54 Å². The summed E-state index contributed by atoms with van der Waals surface area (Å²) in [4.78, 5) is 12.5. The van der Waals surface area contributed by atoms with Crippen molar-refractivity contribution in [2.75, 3.05) is 30.4 Å². The van der Waals surface area contributed by atoms with E-state index in [1.807, 2.05) is 20.8 Å². The van der Waals surface area contributed by atoms with Gasteiger partial charge in [0.1, 0.15) is 0 Å². The fraction of sp³-hybridized carbons (Fsp3) is 0.727. The van der Waals surface area contributed by atoms with Gasteiger partial charge in [0.2, 0.25) is 11.9 Å². The van der Waals surface area contributed by atoms with Gasteiger partial charge in [-0.1, -0.05) is 6.92 Å². The van der Waals surface area contributed by atoms with Crippen molar-refractivity contribution in [1.29, 1.82) is 0 Å². The van der Waals surface area contributed by atoms with Gasteiger partial charge < -0.3 is 20.5 Å². The molecule has 1 aromatic heterocycles. The summed E-state index contributed by atoms with van der Waals surface area (Å²) in [5, 5.41) is 15.2. The maximum atomic E-state index is 9.15. The molecule has 0 aliphatic rings. The van der Waals surface area contributed by atoms with Crippen LogP contribution in [0.2, 0.25) is 0 Å². The zero-order chi connectivity index (χ0) is 13.4. The lowest BCUT2D eigenvalue weighted by Gasteiger charge is -2.15. The molecule has 0 bridgehead atoms. The minimum Gasteiger partial charge on any atom is -0.464 e. The Bertz CT molecular complexity index is 333. The Hall–Kier alpha value is -1.63. The van der Waals surface area contributed by atoms with Gasteiger partial charge >= 0.3 is 6.01 Å². The predicted molar refractivity (Wildman–Crippen MR) is 69.9 cm³/mol. The van der Waals surface area contributed by atoms with Crippen molar-refractivity contribution >= 4 is 11.9 Å². The highest BCUT2D eigenvalue weighted by Crippen LogP contribution is 2.12. The molecule has 0 spiro atoms. The first kappa shape index (κ1) is 14.4. The van der Waals surface area contributed by atoms with Gasteiger partial charge in [-0.05, 0) is 20.3 Å². The van der Waals surface area contributed by atoms with Gasteiger partial charge in [-0.2, -0.15) is 15.0 Å². The van der Waals surface area contributed by atoms with Gasteiger partial charge in [-0.15, -0.1) is 0 Å². The second kappa shape index (κ2) is 7.65. The summed E-state index contributed by atoms with van der Waals surface area (Å²) in [6.07, 6.45) is 0.780. The minimum atomic E-state index is -0.0728. The summed E-state index contributed by atoms with van der Waals surface area (Å²) in [6.45, 7) is 7.04. The Kier molecular flexibility index (Phi) is 6.13. The molecule has 0 aromatic carbocycles. The fourth-order valence-corrected chi connectivity index (χ4v) is 1.31. The van der Waals surface area contributed by atoms with E-state index in [9.17, 15) is 0 Å². The van der Waals surface area contributed by atoms with E-state index in [0.29, 0.717) is 25.0 Å². The largest absolute Gasteiger partial charge is 0.464 e. The van der Waals surface area contributed by atoms with E-state index in [0.717, 1.165) is 6.42 Å². The van der Waals surface area contributed by atoms with E-state index >= 15 is 0 Å². The zero-order valence-electron chi connectivity index (χ0n) is 11.1. The average Bonchev–Trinajstić information content (AvgIpc) is 2.36. The number of hydrogen-bond donors (Lipinski definition) is 3. The number of rotatable bonds is 8. The molecule has 7 nitrogen and oxygen atoms in total. The number of aliphatic hydroxyl groups excluding tert-OH is 1. The molecule has 3 N–H and O–H groups in total. The molecule has 18 heavy (non-hydrogen) atoms. The lowest BCUT2D eigenvalue weighted by Crippen LogP contribution is -2.24. The molecule has 1 atom stereocenters. The number of hydrogen-bond acceptors (Lipinski definition) is 7. The standard InChI is InChI=1S/C11H21N5O2/c1-4-8(7-17)13-10-14-9(12-5-2)15-11(16-10)18-6-3/h8,17H,4-7H2,1-3H3,(H2,12,13,14,15,16). The van der Waals surface area contributed by atoms with E-state index in [2.05, 4.69) is 25.6 Å². The van der Waals surface area contributed by atoms with Crippen LogP contribution in [-0.2, 0) is 0 Å². The van der Waals surface area contributed by atoms with Crippen LogP contribution in [0, 0.1) is 0 Å². The molecule has 0 fully saturated rings. The Morgan fingerprint density at radius 3 is 2.44 bits per heavy atom.